The first-order valence-electron chi connectivity index (χ1n) is 9.18. The van der Waals surface area contributed by atoms with Crippen LogP contribution in [-0.2, 0) is 16.6 Å². The van der Waals surface area contributed by atoms with E-state index in [0.717, 1.165) is 37.9 Å². The first kappa shape index (κ1) is 17.3. The zero-order chi connectivity index (χ0) is 17.7. The molecular formula is C21H30O3. The van der Waals surface area contributed by atoms with E-state index in [1.54, 1.807) is 7.11 Å². The summed E-state index contributed by atoms with van der Waals surface area (Å²) in [6.45, 7) is 8.63. The van der Waals surface area contributed by atoms with E-state index in [9.17, 15) is 9.90 Å². The predicted octanol–water partition coefficient (Wildman–Crippen LogP) is 4.91. The van der Waals surface area contributed by atoms with Gasteiger partial charge in [-0.3, -0.25) is 4.79 Å². The summed E-state index contributed by atoms with van der Waals surface area (Å²) in [6, 6.07) is 4.53. The topological polar surface area (TPSA) is 46.5 Å². The molecule has 24 heavy (non-hydrogen) atoms. The van der Waals surface area contributed by atoms with Crippen molar-refractivity contribution in [2.75, 3.05) is 7.11 Å². The Morgan fingerprint density at radius 2 is 2.00 bits per heavy atom. The fourth-order valence-electron chi connectivity index (χ4n) is 5.40. The summed E-state index contributed by atoms with van der Waals surface area (Å²) >= 11 is 0. The summed E-state index contributed by atoms with van der Waals surface area (Å²) < 4.78 is 5.68. The lowest BCUT2D eigenvalue weighted by atomic mass is 9.49. The van der Waals surface area contributed by atoms with Gasteiger partial charge in [-0.05, 0) is 72.6 Å². The van der Waals surface area contributed by atoms with E-state index in [1.165, 1.54) is 16.7 Å². The standard InChI is InChI=1S/C21H30O3/c1-13(2)15-11-14-7-8-18-20(3,16(14)12-17(15)24-5)9-6-10-21(18,4)19(22)23/h11-13,18H,6-10H2,1-5H3,(H,22,23)/t18-,20-,21+/m1/s1. The highest BCUT2D eigenvalue weighted by Gasteiger charge is 2.55. The van der Waals surface area contributed by atoms with Gasteiger partial charge in [-0.25, -0.2) is 0 Å². The van der Waals surface area contributed by atoms with Crippen LogP contribution in [0.5, 0.6) is 5.75 Å². The van der Waals surface area contributed by atoms with E-state index in [-0.39, 0.29) is 11.3 Å². The van der Waals surface area contributed by atoms with Gasteiger partial charge in [0.25, 0.3) is 0 Å². The number of hydrogen-bond acceptors (Lipinski definition) is 2. The molecule has 132 valence electrons. The van der Waals surface area contributed by atoms with Crippen LogP contribution in [0.15, 0.2) is 12.1 Å². The number of fused-ring (bicyclic) bond motifs is 3. The molecule has 1 aromatic rings. The number of rotatable bonds is 3. The summed E-state index contributed by atoms with van der Waals surface area (Å²) in [7, 11) is 1.73. The minimum atomic E-state index is -0.632. The molecule has 3 atom stereocenters. The minimum Gasteiger partial charge on any atom is -0.496 e. The molecule has 2 aliphatic rings. The van der Waals surface area contributed by atoms with Gasteiger partial charge in [0.1, 0.15) is 5.75 Å². The Balaban J connectivity index is 2.15. The second-order valence-electron chi connectivity index (χ2n) is 8.49. The van der Waals surface area contributed by atoms with Gasteiger partial charge in [-0.2, -0.15) is 0 Å². The molecule has 0 amide bonds. The zero-order valence-electron chi connectivity index (χ0n) is 15.6. The van der Waals surface area contributed by atoms with Crippen molar-refractivity contribution in [1.29, 1.82) is 0 Å². The van der Waals surface area contributed by atoms with Crippen molar-refractivity contribution in [3.63, 3.8) is 0 Å². The number of aliphatic carboxylic acids is 1. The number of methoxy groups -OCH3 is 1. The number of carboxylic acid groups (broad SMARTS) is 1. The van der Waals surface area contributed by atoms with Crippen molar-refractivity contribution in [3.8, 4) is 5.75 Å². The Kier molecular flexibility index (Phi) is 4.17. The van der Waals surface area contributed by atoms with E-state index in [4.69, 9.17) is 4.74 Å². The average molecular weight is 330 g/mol. The van der Waals surface area contributed by atoms with Crippen molar-refractivity contribution in [1.82, 2.24) is 0 Å². The molecule has 0 spiro atoms. The van der Waals surface area contributed by atoms with Crippen LogP contribution in [0.2, 0.25) is 0 Å². The lowest BCUT2D eigenvalue weighted by Gasteiger charge is -2.53. The molecule has 0 aliphatic heterocycles. The molecular weight excluding hydrogens is 300 g/mol. The molecule has 3 rings (SSSR count). The molecule has 0 saturated heterocycles. The minimum absolute atomic E-state index is 0.0677. The van der Waals surface area contributed by atoms with Crippen molar-refractivity contribution < 1.29 is 14.6 Å². The number of ether oxygens (including phenoxy) is 1. The Morgan fingerprint density at radius 1 is 1.29 bits per heavy atom. The molecule has 1 fully saturated rings. The van der Waals surface area contributed by atoms with Crippen LogP contribution in [0.4, 0.5) is 0 Å². The van der Waals surface area contributed by atoms with Crippen LogP contribution in [0.3, 0.4) is 0 Å². The zero-order valence-corrected chi connectivity index (χ0v) is 15.6. The third-order valence-corrected chi connectivity index (χ3v) is 6.81. The summed E-state index contributed by atoms with van der Waals surface area (Å²) in [5.41, 5.74) is 3.30. The van der Waals surface area contributed by atoms with Gasteiger partial charge in [0.15, 0.2) is 0 Å². The molecule has 0 bridgehead atoms. The van der Waals surface area contributed by atoms with Gasteiger partial charge >= 0.3 is 5.97 Å². The third-order valence-electron chi connectivity index (χ3n) is 6.81. The SMILES string of the molecule is COc1cc2c(cc1C(C)C)CC[C@H]1[C@@](C)(C(=O)O)CCC[C@]21C. The first-order valence-corrected chi connectivity index (χ1v) is 9.18. The molecule has 3 heteroatoms. The average Bonchev–Trinajstić information content (AvgIpc) is 2.53. The highest BCUT2D eigenvalue weighted by Crippen LogP contribution is 2.58. The van der Waals surface area contributed by atoms with Crippen LogP contribution in [0, 0.1) is 11.3 Å². The third kappa shape index (κ3) is 2.35. The Bertz CT molecular complexity index is 663. The highest BCUT2D eigenvalue weighted by molar-refractivity contribution is 5.75. The maximum atomic E-state index is 12.0. The van der Waals surface area contributed by atoms with E-state index < -0.39 is 11.4 Å². The molecule has 0 heterocycles. The second-order valence-corrected chi connectivity index (χ2v) is 8.49. The smallest absolute Gasteiger partial charge is 0.309 e. The highest BCUT2D eigenvalue weighted by atomic mass is 16.5. The summed E-state index contributed by atoms with van der Waals surface area (Å²) in [5.74, 6) is 0.936. The Labute approximate surface area is 145 Å². The number of benzene rings is 1. The van der Waals surface area contributed by atoms with Gasteiger partial charge in [0.05, 0.1) is 12.5 Å². The summed E-state index contributed by atoms with van der Waals surface area (Å²) in [5, 5.41) is 9.89. The quantitative estimate of drug-likeness (QED) is 0.856. The van der Waals surface area contributed by atoms with Gasteiger partial charge in [0, 0.05) is 0 Å². The lowest BCUT2D eigenvalue weighted by Crippen LogP contribution is -2.52. The molecule has 0 radical (unpaired) electrons. The van der Waals surface area contributed by atoms with Crippen LogP contribution >= 0.6 is 0 Å². The largest absolute Gasteiger partial charge is 0.496 e. The van der Waals surface area contributed by atoms with Crippen LogP contribution in [-0.4, -0.2) is 18.2 Å². The van der Waals surface area contributed by atoms with E-state index in [0.29, 0.717) is 5.92 Å². The van der Waals surface area contributed by atoms with Gasteiger partial charge < -0.3 is 9.84 Å². The number of carbonyl (C=O) groups is 1. The van der Waals surface area contributed by atoms with Crippen molar-refractivity contribution >= 4 is 5.97 Å². The number of aryl methyl sites for hydroxylation is 1. The first-order chi connectivity index (χ1) is 11.2. The summed E-state index contributed by atoms with van der Waals surface area (Å²) in [4.78, 5) is 12.0. The molecule has 0 aromatic heterocycles. The van der Waals surface area contributed by atoms with Crippen LogP contribution in [0.25, 0.3) is 0 Å². The molecule has 1 aromatic carbocycles. The van der Waals surface area contributed by atoms with E-state index in [1.807, 2.05) is 6.92 Å². The predicted molar refractivity (Wildman–Crippen MR) is 95.8 cm³/mol. The number of carboxylic acids is 1. The molecule has 2 aliphatic carbocycles. The van der Waals surface area contributed by atoms with Crippen LogP contribution in [0.1, 0.15) is 76.0 Å². The molecule has 0 unspecified atom stereocenters. The Hall–Kier alpha value is -1.51. The van der Waals surface area contributed by atoms with Gasteiger partial charge in [0.2, 0.25) is 0 Å². The monoisotopic (exact) mass is 330 g/mol. The normalized spacial score (nSPS) is 32.2. The van der Waals surface area contributed by atoms with Gasteiger partial charge in [-0.15, -0.1) is 0 Å². The van der Waals surface area contributed by atoms with Crippen molar-refractivity contribution in [3.05, 3.63) is 28.8 Å². The van der Waals surface area contributed by atoms with Crippen LogP contribution < -0.4 is 4.74 Å². The second kappa shape index (κ2) is 5.79. The maximum absolute atomic E-state index is 12.0. The van der Waals surface area contributed by atoms with Gasteiger partial charge in [-0.1, -0.05) is 33.3 Å². The molecule has 1 N–H and O–H groups in total. The summed E-state index contributed by atoms with van der Waals surface area (Å²) in [6.07, 6.45) is 4.78. The fraction of sp³-hybridized carbons (Fsp3) is 0.667. The number of hydrogen-bond donors (Lipinski definition) is 1. The van der Waals surface area contributed by atoms with Crippen molar-refractivity contribution in [2.45, 2.75) is 71.1 Å². The maximum Gasteiger partial charge on any atom is 0.309 e. The fourth-order valence-corrected chi connectivity index (χ4v) is 5.40. The van der Waals surface area contributed by atoms with E-state index >= 15 is 0 Å². The lowest BCUT2D eigenvalue weighted by molar-refractivity contribution is -0.157. The Morgan fingerprint density at radius 3 is 2.58 bits per heavy atom. The van der Waals surface area contributed by atoms with Crippen molar-refractivity contribution in [2.24, 2.45) is 11.3 Å². The molecule has 1 saturated carbocycles. The molecule has 3 nitrogen and oxygen atoms in total. The van der Waals surface area contributed by atoms with E-state index in [2.05, 4.69) is 32.9 Å².